The summed E-state index contributed by atoms with van der Waals surface area (Å²) in [6.07, 6.45) is 1.62. The van der Waals surface area contributed by atoms with Crippen LogP contribution in [0.4, 0.5) is 10.5 Å². The Morgan fingerprint density at radius 2 is 1.97 bits per heavy atom. The molecule has 0 unspecified atom stereocenters. The molecule has 1 fully saturated rings. The molecule has 1 aliphatic heterocycles. The number of benzene rings is 2. The Kier molecular flexibility index (Phi) is 7.41. The van der Waals surface area contributed by atoms with Gasteiger partial charge in [0, 0.05) is 16.3 Å². The Morgan fingerprint density at radius 1 is 1.23 bits per heavy atom. The number of hydrogen-bond acceptors (Lipinski definition) is 5. The van der Waals surface area contributed by atoms with E-state index >= 15 is 0 Å². The first-order valence-electron chi connectivity index (χ1n) is 9.78. The van der Waals surface area contributed by atoms with E-state index in [4.69, 9.17) is 16.3 Å². The van der Waals surface area contributed by atoms with Crippen molar-refractivity contribution in [2.75, 3.05) is 18.5 Å². The fourth-order valence-corrected chi connectivity index (χ4v) is 3.79. The van der Waals surface area contributed by atoms with E-state index in [1.54, 1.807) is 24.3 Å². The summed E-state index contributed by atoms with van der Waals surface area (Å²) in [4.78, 5) is 38.7. The summed E-state index contributed by atoms with van der Waals surface area (Å²) in [5.74, 6) is -0.00549. The van der Waals surface area contributed by atoms with Crippen molar-refractivity contribution >= 4 is 52.2 Å². The molecule has 0 saturated carbocycles. The van der Waals surface area contributed by atoms with Crippen molar-refractivity contribution in [1.82, 2.24) is 4.90 Å². The first kappa shape index (κ1) is 22.9. The number of para-hydroxylation sites is 1. The van der Waals surface area contributed by atoms with Gasteiger partial charge in [0.05, 0.1) is 11.5 Å². The molecule has 2 aromatic rings. The molecule has 0 aromatic heterocycles. The van der Waals surface area contributed by atoms with Crippen LogP contribution >= 0.6 is 23.4 Å². The minimum atomic E-state index is -0.509. The maximum absolute atomic E-state index is 12.8. The quantitative estimate of drug-likeness (QED) is 0.565. The lowest BCUT2D eigenvalue weighted by Crippen LogP contribution is -2.36. The van der Waals surface area contributed by atoms with Crippen molar-refractivity contribution in [1.29, 1.82) is 0 Å². The molecule has 0 radical (unpaired) electrons. The summed E-state index contributed by atoms with van der Waals surface area (Å²) in [5, 5.41) is 2.69. The first-order valence-corrected chi connectivity index (χ1v) is 11.0. The van der Waals surface area contributed by atoms with Crippen molar-refractivity contribution in [3.63, 3.8) is 0 Å². The lowest BCUT2D eigenvalue weighted by molar-refractivity contribution is -0.127. The molecule has 1 N–H and O–H groups in total. The molecule has 3 rings (SSSR count). The van der Waals surface area contributed by atoms with Crippen molar-refractivity contribution in [2.24, 2.45) is 5.92 Å². The predicted octanol–water partition coefficient (Wildman–Crippen LogP) is 5.36. The third kappa shape index (κ3) is 5.89. The second-order valence-electron chi connectivity index (χ2n) is 7.52. The van der Waals surface area contributed by atoms with Crippen molar-refractivity contribution < 1.29 is 19.1 Å². The average Bonchev–Trinajstić information content (AvgIpc) is 2.97. The molecule has 1 saturated heterocycles. The van der Waals surface area contributed by atoms with E-state index in [0.29, 0.717) is 34.5 Å². The zero-order chi connectivity index (χ0) is 22.5. The molecule has 1 aliphatic rings. The van der Waals surface area contributed by atoms with Crippen LogP contribution in [-0.4, -0.2) is 35.1 Å². The van der Waals surface area contributed by atoms with Gasteiger partial charge < -0.3 is 10.1 Å². The number of imide groups is 1. The lowest BCUT2D eigenvalue weighted by Gasteiger charge is -2.13. The van der Waals surface area contributed by atoms with E-state index in [-0.39, 0.29) is 11.4 Å². The van der Waals surface area contributed by atoms with Crippen LogP contribution in [0.2, 0.25) is 5.02 Å². The fourth-order valence-electron chi connectivity index (χ4n) is 2.78. The number of hydrogen-bond donors (Lipinski definition) is 1. The van der Waals surface area contributed by atoms with E-state index in [2.05, 4.69) is 5.32 Å². The molecule has 3 amide bonds. The number of thioether (sulfide) groups is 1. The maximum atomic E-state index is 12.8. The molecule has 31 heavy (non-hydrogen) atoms. The maximum Gasteiger partial charge on any atom is 0.294 e. The highest BCUT2D eigenvalue weighted by Gasteiger charge is 2.36. The first-order chi connectivity index (χ1) is 14.7. The molecular formula is C23H23ClN2O4S. The molecular weight excluding hydrogens is 436 g/mol. The number of carbonyl (C=O) groups excluding carboxylic acids is 3. The molecule has 6 nitrogen and oxygen atoms in total. The van der Waals surface area contributed by atoms with Crippen LogP contribution < -0.4 is 10.1 Å². The Bertz CT molecular complexity index is 1050. The van der Waals surface area contributed by atoms with Gasteiger partial charge in [-0.1, -0.05) is 49.7 Å². The number of aryl methyl sites for hydroxylation is 1. The minimum absolute atomic E-state index is 0.247. The lowest BCUT2D eigenvalue weighted by atomic mass is 10.1. The Balaban J connectivity index is 1.71. The van der Waals surface area contributed by atoms with Gasteiger partial charge in [-0.05, 0) is 54.4 Å². The predicted molar refractivity (Wildman–Crippen MR) is 124 cm³/mol. The van der Waals surface area contributed by atoms with Crippen LogP contribution in [0.5, 0.6) is 5.75 Å². The number of carbonyl (C=O) groups is 3. The van der Waals surface area contributed by atoms with E-state index in [1.165, 1.54) is 0 Å². The molecule has 1 heterocycles. The van der Waals surface area contributed by atoms with Gasteiger partial charge in [-0.15, -0.1) is 0 Å². The van der Waals surface area contributed by atoms with Crippen LogP contribution in [0.25, 0.3) is 6.08 Å². The minimum Gasteiger partial charge on any atom is -0.493 e. The molecule has 0 bridgehead atoms. The van der Waals surface area contributed by atoms with E-state index in [0.717, 1.165) is 22.2 Å². The summed E-state index contributed by atoms with van der Waals surface area (Å²) >= 11 is 6.88. The largest absolute Gasteiger partial charge is 0.493 e. The zero-order valence-corrected chi connectivity index (χ0v) is 19.0. The Labute approximate surface area is 190 Å². The summed E-state index contributed by atoms with van der Waals surface area (Å²) in [5.41, 5.74) is 2.08. The SMILES string of the molecule is Cc1ccc(NC(=O)CN2C(=O)S/C(=C/c3ccccc3OCC(C)C)C2=O)cc1Cl. The topological polar surface area (TPSA) is 75.7 Å². The van der Waals surface area contributed by atoms with Crippen molar-refractivity contribution in [2.45, 2.75) is 20.8 Å². The third-order valence-corrected chi connectivity index (χ3v) is 5.72. The monoisotopic (exact) mass is 458 g/mol. The molecule has 0 spiro atoms. The third-order valence-electron chi connectivity index (χ3n) is 4.41. The van der Waals surface area contributed by atoms with Crippen molar-refractivity contribution in [3.05, 3.63) is 63.5 Å². The van der Waals surface area contributed by atoms with Crippen LogP contribution in [0.3, 0.4) is 0 Å². The van der Waals surface area contributed by atoms with E-state index in [1.807, 2.05) is 45.0 Å². The van der Waals surface area contributed by atoms with Crippen LogP contribution in [-0.2, 0) is 9.59 Å². The van der Waals surface area contributed by atoms with Crippen LogP contribution in [0.15, 0.2) is 47.4 Å². The average molecular weight is 459 g/mol. The smallest absolute Gasteiger partial charge is 0.294 e. The highest BCUT2D eigenvalue weighted by Crippen LogP contribution is 2.34. The van der Waals surface area contributed by atoms with Crippen LogP contribution in [0.1, 0.15) is 25.0 Å². The number of nitrogens with one attached hydrogen (secondary N) is 1. The zero-order valence-electron chi connectivity index (χ0n) is 17.5. The summed E-state index contributed by atoms with van der Waals surface area (Å²) < 4.78 is 5.81. The number of nitrogens with zero attached hydrogens (tertiary/aromatic N) is 1. The van der Waals surface area contributed by atoms with E-state index in [9.17, 15) is 14.4 Å². The summed E-state index contributed by atoms with van der Waals surface area (Å²) in [7, 11) is 0. The number of halogens is 1. The van der Waals surface area contributed by atoms with Gasteiger partial charge in [0.15, 0.2) is 0 Å². The summed E-state index contributed by atoms with van der Waals surface area (Å²) in [6.45, 7) is 6.11. The number of amides is 3. The Morgan fingerprint density at radius 3 is 2.68 bits per heavy atom. The highest BCUT2D eigenvalue weighted by atomic mass is 35.5. The number of rotatable bonds is 7. The van der Waals surface area contributed by atoms with E-state index < -0.39 is 17.1 Å². The van der Waals surface area contributed by atoms with Gasteiger partial charge in [-0.3, -0.25) is 19.3 Å². The molecule has 162 valence electrons. The number of ether oxygens (including phenoxy) is 1. The van der Waals surface area contributed by atoms with Gasteiger partial charge >= 0.3 is 0 Å². The van der Waals surface area contributed by atoms with Gasteiger partial charge in [0.1, 0.15) is 12.3 Å². The normalized spacial score (nSPS) is 15.1. The second-order valence-corrected chi connectivity index (χ2v) is 8.92. The Hall–Kier alpha value is -2.77. The summed E-state index contributed by atoms with van der Waals surface area (Å²) in [6, 6.07) is 12.4. The molecule has 2 aromatic carbocycles. The highest BCUT2D eigenvalue weighted by molar-refractivity contribution is 8.18. The van der Waals surface area contributed by atoms with Crippen molar-refractivity contribution in [3.8, 4) is 5.75 Å². The van der Waals surface area contributed by atoms with Gasteiger partial charge in [-0.25, -0.2) is 0 Å². The van der Waals surface area contributed by atoms with Crippen LogP contribution in [0, 0.1) is 12.8 Å². The fraction of sp³-hybridized carbons (Fsp3) is 0.261. The standard InChI is InChI=1S/C23H23ClN2O4S/c1-14(2)13-30-19-7-5-4-6-16(19)10-20-22(28)26(23(29)31-20)12-21(27)25-17-9-8-15(3)18(24)11-17/h4-11,14H,12-13H2,1-3H3,(H,25,27)/b20-10+. The van der Waals surface area contributed by atoms with Gasteiger partial charge in [0.25, 0.3) is 11.1 Å². The molecule has 0 atom stereocenters. The number of anilines is 1. The van der Waals surface area contributed by atoms with Gasteiger partial charge in [-0.2, -0.15) is 0 Å². The van der Waals surface area contributed by atoms with Gasteiger partial charge in [0.2, 0.25) is 5.91 Å². The molecule has 8 heteroatoms. The molecule has 0 aliphatic carbocycles. The second kappa shape index (κ2) is 10.0.